The minimum Gasteiger partial charge on any atom is -0.355 e. The smallest absolute Gasteiger partial charge is 0.244 e. The van der Waals surface area contributed by atoms with E-state index >= 15 is 0 Å². The van der Waals surface area contributed by atoms with Crippen LogP contribution in [0.15, 0.2) is 78.9 Å². The van der Waals surface area contributed by atoms with Gasteiger partial charge in [-0.3, -0.25) is 13.9 Å². The fraction of sp³-hybridized carbons (Fsp3) is 0.259. The molecule has 37 heavy (non-hydrogen) atoms. The highest BCUT2D eigenvalue weighted by Crippen LogP contribution is 2.30. The number of rotatable bonds is 11. The predicted octanol–water partition coefficient (Wildman–Crippen LogP) is 4.54. The van der Waals surface area contributed by atoms with E-state index in [1.807, 2.05) is 60.7 Å². The maximum absolute atomic E-state index is 13.9. The summed E-state index contributed by atoms with van der Waals surface area (Å²) in [6.07, 6.45) is 1.25. The number of nitrogens with one attached hydrogen (secondary N) is 1. The second-order valence-corrected chi connectivity index (χ2v) is 11.2. The number of anilines is 1. The van der Waals surface area contributed by atoms with Gasteiger partial charge in [0, 0.05) is 24.5 Å². The summed E-state index contributed by atoms with van der Waals surface area (Å²) in [6.45, 7) is 1.75. The lowest BCUT2D eigenvalue weighted by Gasteiger charge is -2.33. The third kappa shape index (κ3) is 7.95. The van der Waals surface area contributed by atoms with Crippen molar-refractivity contribution in [3.63, 3.8) is 0 Å². The van der Waals surface area contributed by atoms with Crippen LogP contribution in [0.2, 0.25) is 10.0 Å². The first kappa shape index (κ1) is 28.5. The molecule has 1 atom stereocenters. The van der Waals surface area contributed by atoms with E-state index in [2.05, 4.69) is 5.32 Å². The molecule has 3 aromatic rings. The minimum atomic E-state index is -3.91. The van der Waals surface area contributed by atoms with Gasteiger partial charge < -0.3 is 10.2 Å². The van der Waals surface area contributed by atoms with E-state index in [0.717, 1.165) is 21.7 Å². The molecule has 0 aliphatic rings. The Morgan fingerprint density at radius 1 is 0.919 bits per heavy atom. The first-order valence-electron chi connectivity index (χ1n) is 11.7. The number of hydrogen-bond acceptors (Lipinski definition) is 4. The van der Waals surface area contributed by atoms with Crippen LogP contribution in [0.4, 0.5) is 5.69 Å². The Labute approximate surface area is 228 Å². The zero-order chi connectivity index (χ0) is 27.0. The van der Waals surface area contributed by atoms with Crippen LogP contribution >= 0.6 is 23.2 Å². The lowest BCUT2D eigenvalue weighted by molar-refractivity contribution is -0.140. The van der Waals surface area contributed by atoms with Crippen LogP contribution in [0, 0.1) is 0 Å². The highest BCUT2D eigenvalue weighted by molar-refractivity contribution is 7.92. The van der Waals surface area contributed by atoms with Crippen molar-refractivity contribution in [2.75, 3.05) is 23.7 Å². The number of amides is 2. The second kappa shape index (κ2) is 12.9. The Hall–Kier alpha value is -3.07. The SMILES string of the molecule is CCNC(=O)C(Cc1ccccc1)N(Cc1ccccc1)C(=O)CN(c1ccc(Cl)cc1Cl)S(C)(=O)=O. The standard InChI is InChI=1S/C27H29Cl2N3O4S/c1-3-30-27(34)25(16-20-10-6-4-7-11-20)31(18-21-12-8-5-9-13-21)26(33)19-32(37(2,35)36)24-15-14-22(28)17-23(24)29/h4-15,17,25H,3,16,18-19H2,1-2H3,(H,30,34). The molecule has 2 amide bonds. The normalized spacial score (nSPS) is 12.0. The molecule has 0 aliphatic carbocycles. The lowest BCUT2D eigenvalue weighted by atomic mass is 10.0. The van der Waals surface area contributed by atoms with Crippen molar-refractivity contribution < 1.29 is 18.0 Å². The number of hydrogen-bond donors (Lipinski definition) is 1. The molecule has 0 aromatic heterocycles. The monoisotopic (exact) mass is 561 g/mol. The van der Waals surface area contributed by atoms with Crippen LogP contribution in [-0.4, -0.2) is 50.5 Å². The number of carbonyl (C=O) groups is 2. The van der Waals surface area contributed by atoms with Crippen LogP contribution < -0.4 is 9.62 Å². The van der Waals surface area contributed by atoms with E-state index < -0.39 is 28.5 Å². The van der Waals surface area contributed by atoms with Gasteiger partial charge in [-0.1, -0.05) is 83.9 Å². The van der Waals surface area contributed by atoms with Gasteiger partial charge >= 0.3 is 0 Å². The minimum absolute atomic E-state index is 0.0879. The summed E-state index contributed by atoms with van der Waals surface area (Å²) in [5, 5.41) is 3.24. The summed E-state index contributed by atoms with van der Waals surface area (Å²) in [5.41, 5.74) is 1.79. The molecule has 1 N–H and O–H groups in total. The predicted molar refractivity (Wildman–Crippen MR) is 148 cm³/mol. The molecule has 0 bridgehead atoms. The highest BCUT2D eigenvalue weighted by atomic mass is 35.5. The summed E-state index contributed by atoms with van der Waals surface area (Å²) < 4.78 is 26.5. The summed E-state index contributed by atoms with van der Waals surface area (Å²) in [5.74, 6) is -0.876. The molecule has 1 unspecified atom stereocenters. The Kier molecular flexibility index (Phi) is 9.97. The summed E-state index contributed by atoms with van der Waals surface area (Å²) >= 11 is 12.3. The van der Waals surface area contributed by atoms with E-state index in [0.29, 0.717) is 11.6 Å². The van der Waals surface area contributed by atoms with E-state index in [1.54, 1.807) is 6.92 Å². The van der Waals surface area contributed by atoms with Crippen LogP contribution in [0.3, 0.4) is 0 Å². The number of carbonyl (C=O) groups excluding carboxylic acids is 2. The molecule has 0 fully saturated rings. The summed E-state index contributed by atoms with van der Waals surface area (Å²) in [6, 6.07) is 22.1. The zero-order valence-electron chi connectivity index (χ0n) is 20.6. The van der Waals surface area contributed by atoms with E-state index in [-0.39, 0.29) is 29.6 Å². The molecular weight excluding hydrogens is 533 g/mol. The van der Waals surface area contributed by atoms with E-state index in [4.69, 9.17) is 23.2 Å². The largest absolute Gasteiger partial charge is 0.355 e. The third-order valence-electron chi connectivity index (χ3n) is 5.68. The second-order valence-electron chi connectivity index (χ2n) is 8.47. The van der Waals surface area contributed by atoms with Gasteiger partial charge in [0.1, 0.15) is 12.6 Å². The molecule has 10 heteroatoms. The van der Waals surface area contributed by atoms with Gasteiger partial charge in [-0.25, -0.2) is 8.42 Å². The van der Waals surface area contributed by atoms with Crippen molar-refractivity contribution >= 4 is 50.7 Å². The Morgan fingerprint density at radius 3 is 2.05 bits per heavy atom. The summed E-state index contributed by atoms with van der Waals surface area (Å²) in [7, 11) is -3.91. The zero-order valence-corrected chi connectivity index (χ0v) is 22.9. The molecule has 3 rings (SSSR count). The summed E-state index contributed by atoms with van der Waals surface area (Å²) in [4.78, 5) is 28.5. The van der Waals surface area contributed by atoms with Crippen molar-refractivity contribution in [2.24, 2.45) is 0 Å². The average molecular weight is 563 g/mol. The number of nitrogens with zero attached hydrogens (tertiary/aromatic N) is 2. The molecule has 196 valence electrons. The molecule has 0 radical (unpaired) electrons. The molecule has 0 saturated heterocycles. The van der Waals surface area contributed by atoms with Crippen LogP contribution in [-0.2, 0) is 32.6 Å². The molecule has 7 nitrogen and oxygen atoms in total. The van der Waals surface area contributed by atoms with Gasteiger partial charge in [-0.05, 0) is 36.2 Å². The van der Waals surface area contributed by atoms with Crippen molar-refractivity contribution in [2.45, 2.75) is 25.9 Å². The average Bonchev–Trinajstić information content (AvgIpc) is 2.86. The van der Waals surface area contributed by atoms with Gasteiger partial charge in [0.25, 0.3) is 0 Å². The molecule has 0 heterocycles. The molecule has 0 aliphatic heterocycles. The van der Waals surface area contributed by atoms with Crippen LogP contribution in [0.1, 0.15) is 18.1 Å². The Balaban J connectivity index is 2.04. The fourth-order valence-corrected chi connectivity index (χ4v) is 5.33. The van der Waals surface area contributed by atoms with Crippen molar-refractivity contribution in [3.8, 4) is 0 Å². The highest BCUT2D eigenvalue weighted by Gasteiger charge is 2.33. The Morgan fingerprint density at radius 2 is 1.51 bits per heavy atom. The van der Waals surface area contributed by atoms with Gasteiger partial charge in [0.05, 0.1) is 17.0 Å². The van der Waals surface area contributed by atoms with Gasteiger partial charge in [0.2, 0.25) is 21.8 Å². The third-order valence-corrected chi connectivity index (χ3v) is 7.34. The number of halogens is 2. The first-order chi connectivity index (χ1) is 17.6. The quantitative estimate of drug-likeness (QED) is 0.372. The van der Waals surface area contributed by atoms with Crippen LogP contribution in [0.5, 0.6) is 0 Å². The van der Waals surface area contributed by atoms with E-state index in [9.17, 15) is 18.0 Å². The maximum atomic E-state index is 13.9. The number of sulfonamides is 1. The van der Waals surface area contributed by atoms with Crippen LogP contribution in [0.25, 0.3) is 0 Å². The molecule has 3 aromatic carbocycles. The van der Waals surface area contributed by atoms with Crippen molar-refractivity contribution in [1.82, 2.24) is 10.2 Å². The number of benzene rings is 3. The van der Waals surface area contributed by atoms with E-state index in [1.165, 1.54) is 23.1 Å². The topological polar surface area (TPSA) is 86.8 Å². The number of likely N-dealkylation sites (N-methyl/N-ethyl adjacent to an activating group) is 1. The van der Waals surface area contributed by atoms with Gasteiger partial charge in [-0.15, -0.1) is 0 Å². The first-order valence-corrected chi connectivity index (χ1v) is 14.3. The van der Waals surface area contributed by atoms with Crippen molar-refractivity contribution in [3.05, 3.63) is 100 Å². The maximum Gasteiger partial charge on any atom is 0.244 e. The van der Waals surface area contributed by atoms with Gasteiger partial charge in [0.15, 0.2) is 0 Å². The van der Waals surface area contributed by atoms with Crippen molar-refractivity contribution in [1.29, 1.82) is 0 Å². The lowest BCUT2D eigenvalue weighted by Crippen LogP contribution is -2.53. The molecular formula is C27H29Cl2N3O4S. The van der Waals surface area contributed by atoms with Gasteiger partial charge in [-0.2, -0.15) is 0 Å². The molecule has 0 saturated carbocycles. The Bertz CT molecular complexity index is 1320. The fourth-order valence-electron chi connectivity index (χ4n) is 3.90. The molecule has 0 spiro atoms.